The fourth-order valence-corrected chi connectivity index (χ4v) is 1.76. The smallest absolute Gasteiger partial charge is 0.190 e. The molecule has 3 nitrogen and oxygen atoms in total. The Kier molecular flexibility index (Phi) is 2.60. The predicted octanol–water partition coefficient (Wildman–Crippen LogP) is 1.05. The fraction of sp³-hybridized carbons (Fsp3) is 0.889. The van der Waals surface area contributed by atoms with Gasteiger partial charge in [0.1, 0.15) is 0 Å². The summed E-state index contributed by atoms with van der Waals surface area (Å²) in [4.78, 5) is 6.17. The van der Waals surface area contributed by atoms with Crippen LogP contribution in [0.3, 0.4) is 0 Å². The fourth-order valence-electron chi connectivity index (χ4n) is 1.76. The molecule has 0 aromatic rings. The summed E-state index contributed by atoms with van der Waals surface area (Å²) in [5, 5.41) is 0. The second kappa shape index (κ2) is 3.33. The SMILES string of the molecule is CN=C(N)N1CCCC(C)(C)C1. The zero-order valence-corrected chi connectivity index (χ0v) is 8.30. The minimum atomic E-state index is 0.396. The van der Waals surface area contributed by atoms with Gasteiger partial charge in [0.2, 0.25) is 0 Å². The summed E-state index contributed by atoms with van der Waals surface area (Å²) in [6.45, 7) is 6.66. The molecule has 1 aliphatic rings. The zero-order valence-electron chi connectivity index (χ0n) is 8.30. The number of nitrogens with two attached hydrogens (primary N) is 1. The Balaban J connectivity index is 2.58. The number of nitrogens with zero attached hydrogens (tertiary/aromatic N) is 2. The van der Waals surface area contributed by atoms with E-state index in [0.29, 0.717) is 11.4 Å². The van der Waals surface area contributed by atoms with Gasteiger partial charge in [-0.05, 0) is 18.3 Å². The van der Waals surface area contributed by atoms with E-state index in [1.807, 2.05) is 0 Å². The van der Waals surface area contributed by atoms with E-state index in [2.05, 4.69) is 23.7 Å². The lowest BCUT2D eigenvalue weighted by Gasteiger charge is -2.38. The standard InChI is InChI=1S/C9H19N3/c1-9(2)5-4-6-12(7-9)8(10)11-3/h4-7H2,1-3H3,(H2,10,11). The molecule has 0 aromatic heterocycles. The van der Waals surface area contributed by atoms with E-state index in [1.165, 1.54) is 12.8 Å². The molecule has 0 aromatic carbocycles. The van der Waals surface area contributed by atoms with Crippen molar-refractivity contribution in [3.63, 3.8) is 0 Å². The molecular weight excluding hydrogens is 150 g/mol. The molecule has 2 N–H and O–H groups in total. The molecule has 1 saturated heterocycles. The van der Waals surface area contributed by atoms with Gasteiger partial charge in [0, 0.05) is 20.1 Å². The first-order chi connectivity index (χ1) is 5.55. The molecule has 1 fully saturated rings. The van der Waals surface area contributed by atoms with E-state index in [9.17, 15) is 0 Å². The van der Waals surface area contributed by atoms with Crippen LogP contribution in [0.15, 0.2) is 4.99 Å². The molecule has 0 atom stereocenters. The summed E-state index contributed by atoms with van der Waals surface area (Å²) in [6.07, 6.45) is 2.52. The van der Waals surface area contributed by atoms with Gasteiger partial charge in [-0.1, -0.05) is 13.8 Å². The molecule has 0 saturated carbocycles. The molecule has 3 heteroatoms. The molecule has 1 aliphatic heterocycles. The third-order valence-electron chi connectivity index (χ3n) is 2.45. The van der Waals surface area contributed by atoms with Crippen molar-refractivity contribution in [2.45, 2.75) is 26.7 Å². The Morgan fingerprint density at radius 3 is 2.67 bits per heavy atom. The minimum Gasteiger partial charge on any atom is -0.370 e. The Morgan fingerprint density at radius 2 is 2.17 bits per heavy atom. The van der Waals surface area contributed by atoms with Crippen molar-refractivity contribution in [3.8, 4) is 0 Å². The first-order valence-electron chi connectivity index (χ1n) is 4.52. The average Bonchev–Trinajstić information content (AvgIpc) is 2.01. The molecule has 0 amide bonds. The minimum absolute atomic E-state index is 0.396. The molecule has 1 rings (SSSR count). The summed E-state index contributed by atoms with van der Waals surface area (Å²) in [6, 6.07) is 0. The lowest BCUT2D eigenvalue weighted by molar-refractivity contribution is 0.177. The zero-order chi connectivity index (χ0) is 9.19. The normalized spacial score (nSPS) is 24.2. The molecular formula is C9H19N3. The molecule has 1 heterocycles. The Bertz CT molecular complexity index is 184. The van der Waals surface area contributed by atoms with Gasteiger partial charge in [-0.2, -0.15) is 0 Å². The number of aliphatic imine (C=N–C) groups is 1. The molecule has 0 radical (unpaired) electrons. The number of hydrogen-bond acceptors (Lipinski definition) is 1. The van der Waals surface area contributed by atoms with E-state index >= 15 is 0 Å². The van der Waals surface area contributed by atoms with Crippen LogP contribution in [0, 0.1) is 5.41 Å². The summed E-state index contributed by atoms with van der Waals surface area (Å²) >= 11 is 0. The van der Waals surface area contributed by atoms with Gasteiger partial charge in [0.15, 0.2) is 5.96 Å². The second-order valence-electron chi connectivity index (χ2n) is 4.27. The maximum absolute atomic E-state index is 5.74. The maximum atomic E-state index is 5.74. The molecule has 0 unspecified atom stereocenters. The van der Waals surface area contributed by atoms with Gasteiger partial charge < -0.3 is 10.6 Å². The highest BCUT2D eigenvalue weighted by Gasteiger charge is 2.26. The maximum Gasteiger partial charge on any atom is 0.190 e. The lowest BCUT2D eigenvalue weighted by Crippen LogP contribution is -2.46. The third kappa shape index (κ3) is 2.13. The Morgan fingerprint density at radius 1 is 1.50 bits per heavy atom. The van der Waals surface area contributed by atoms with E-state index in [1.54, 1.807) is 7.05 Å². The van der Waals surface area contributed by atoms with Gasteiger partial charge in [-0.3, -0.25) is 4.99 Å². The first-order valence-corrected chi connectivity index (χ1v) is 4.52. The van der Waals surface area contributed by atoms with Crippen LogP contribution in [0.4, 0.5) is 0 Å². The Hall–Kier alpha value is -0.730. The number of guanidine groups is 1. The van der Waals surface area contributed by atoms with Crippen molar-refractivity contribution in [1.29, 1.82) is 0 Å². The molecule has 70 valence electrons. The van der Waals surface area contributed by atoms with Crippen molar-refractivity contribution in [3.05, 3.63) is 0 Å². The summed E-state index contributed by atoms with van der Waals surface area (Å²) < 4.78 is 0. The molecule has 12 heavy (non-hydrogen) atoms. The van der Waals surface area contributed by atoms with E-state index in [-0.39, 0.29) is 0 Å². The van der Waals surface area contributed by atoms with Crippen LogP contribution in [0.25, 0.3) is 0 Å². The predicted molar refractivity (Wildman–Crippen MR) is 52.1 cm³/mol. The van der Waals surface area contributed by atoms with Crippen LogP contribution < -0.4 is 5.73 Å². The van der Waals surface area contributed by atoms with Crippen LogP contribution in [0.2, 0.25) is 0 Å². The third-order valence-corrected chi connectivity index (χ3v) is 2.45. The topological polar surface area (TPSA) is 41.6 Å². The highest BCUT2D eigenvalue weighted by molar-refractivity contribution is 5.78. The van der Waals surface area contributed by atoms with E-state index in [4.69, 9.17) is 5.73 Å². The summed E-state index contributed by atoms with van der Waals surface area (Å²) in [5.41, 5.74) is 6.14. The molecule has 0 bridgehead atoms. The van der Waals surface area contributed by atoms with Crippen LogP contribution in [-0.2, 0) is 0 Å². The molecule has 0 aliphatic carbocycles. The quantitative estimate of drug-likeness (QED) is 0.435. The number of rotatable bonds is 0. The second-order valence-corrected chi connectivity index (χ2v) is 4.27. The Labute approximate surface area is 74.6 Å². The van der Waals surface area contributed by atoms with Crippen molar-refractivity contribution < 1.29 is 0 Å². The van der Waals surface area contributed by atoms with Gasteiger partial charge >= 0.3 is 0 Å². The lowest BCUT2D eigenvalue weighted by atomic mass is 9.84. The number of hydrogen-bond donors (Lipinski definition) is 1. The van der Waals surface area contributed by atoms with Crippen molar-refractivity contribution in [1.82, 2.24) is 4.90 Å². The van der Waals surface area contributed by atoms with Gasteiger partial charge in [-0.25, -0.2) is 0 Å². The highest BCUT2D eigenvalue weighted by Crippen LogP contribution is 2.27. The van der Waals surface area contributed by atoms with Gasteiger partial charge in [0.25, 0.3) is 0 Å². The van der Waals surface area contributed by atoms with Crippen molar-refractivity contribution in [2.75, 3.05) is 20.1 Å². The van der Waals surface area contributed by atoms with Crippen LogP contribution >= 0.6 is 0 Å². The van der Waals surface area contributed by atoms with Gasteiger partial charge in [0.05, 0.1) is 0 Å². The summed E-state index contributed by atoms with van der Waals surface area (Å²) in [7, 11) is 1.75. The van der Waals surface area contributed by atoms with E-state index < -0.39 is 0 Å². The number of piperidine rings is 1. The first kappa shape index (κ1) is 9.36. The largest absolute Gasteiger partial charge is 0.370 e. The average molecular weight is 169 g/mol. The summed E-state index contributed by atoms with van der Waals surface area (Å²) in [5.74, 6) is 0.683. The highest BCUT2D eigenvalue weighted by atomic mass is 15.3. The van der Waals surface area contributed by atoms with Crippen molar-refractivity contribution >= 4 is 5.96 Å². The van der Waals surface area contributed by atoms with Crippen molar-refractivity contribution in [2.24, 2.45) is 16.1 Å². The number of likely N-dealkylation sites (tertiary alicyclic amines) is 1. The van der Waals surface area contributed by atoms with Crippen LogP contribution in [-0.4, -0.2) is 31.0 Å². The van der Waals surface area contributed by atoms with Gasteiger partial charge in [-0.15, -0.1) is 0 Å². The van der Waals surface area contributed by atoms with E-state index in [0.717, 1.165) is 13.1 Å². The monoisotopic (exact) mass is 169 g/mol. The van der Waals surface area contributed by atoms with Crippen LogP contribution in [0.5, 0.6) is 0 Å². The molecule has 0 spiro atoms. The van der Waals surface area contributed by atoms with Crippen LogP contribution in [0.1, 0.15) is 26.7 Å².